The molecular formula is C12H21N3O3S. The average molecular weight is 287 g/mol. The van der Waals surface area contributed by atoms with Crippen molar-refractivity contribution in [1.29, 1.82) is 0 Å². The Bertz CT molecular complexity index is 524. The first-order valence-corrected chi connectivity index (χ1v) is 8.68. The molecule has 0 spiro atoms. The number of rotatable bonds is 5. The minimum Gasteiger partial charge on any atom is -0.339 e. The van der Waals surface area contributed by atoms with Crippen LogP contribution in [-0.2, 0) is 9.84 Å². The van der Waals surface area contributed by atoms with Crippen molar-refractivity contribution in [3.05, 3.63) is 11.7 Å². The molecule has 0 aromatic carbocycles. The van der Waals surface area contributed by atoms with Gasteiger partial charge in [-0.25, -0.2) is 8.42 Å². The van der Waals surface area contributed by atoms with Gasteiger partial charge in [0, 0.05) is 18.7 Å². The molecule has 0 bridgehead atoms. The second-order valence-electron chi connectivity index (χ2n) is 5.47. The first-order valence-electron chi connectivity index (χ1n) is 6.62. The summed E-state index contributed by atoms with van der Waals surface area (Å²) in [7, 11) is -2.93. The number of sulfone groups is 1. The Balaban J connectivity index is 2.05. The van der Waals surface area contributed by atoms with Gasteiger partial charge in [0.05, 0.1) is 11.8 Å². The lowest BCUT2D eigenvalue weighted by atomic mass is 10.2. The van der Waals surface area contributed by atoms with Crippen LogP contribution in [0.4, 0.5) is 0 Å². The number of nitrogens with zero attached hydrogens (tertiary/aromatic N) is 3. The molecule has 0 amide bonds. The zero-order valence-corrected chi connectivity index (χ0v) is 12.5. The molecule has 1 aliphatic rings. The summed E-state index contributed by atoms with van der Waals surface area (Å²) >= 11 is 0. The Hall–Kier alpha value is -0.950. The fourth-order valence-corrected chi connectivity index (χ4v) is 2.85. The molecular weight excluding hydrogens is 266 g/mol. The minimum atomic E-state index is -2.93. The Labute approximate surface area is 114 Å². The van der Waals surface area contributed by atoms with Gasteiger partial charge in [0.25, 0.3) is 0 Å². The van der Waals surface area contributed by atoms with Crippen LogP contribution in [0.25, 0.3) is 0 Å². The molecule has 108 valence electrons. The lowest BCUT2D eigenvalue weighted by Crippen LogP contribution is -2.29. The van der Waals surface area contributed by atoms with E-state index in [4.69, 9.17) is 4.52 Å². The summed E-state index contributed by atoms with van der Waals surface area (Å²) in [6, 6.07) is 0.0954. The summed E-state index contributed by atoms with van der Waals surface area (Å²) in [5, 5.41) is 4.04. The number of aromatic nitrogens is 2. The van der Waals surface area contributed by atoms with E-state index in [2.05, 4.69) is 15.0 Å². The molecule has 1 atom stereocenters. The fraction of sp³-hybridized carbons (Fsp3) is 0.833. The van der Waals surface area contributed by atoms with Crippen molar-refractivity contribution in [1.82, 2.24) is 15.0 Å². The van der Waals surface area contributed by atoms with E-state index in [1.807, 2.05) is 13.8 Å². The van der Waals surface area contributed by atoms with Crippen LogP contribution in [0.5, 0.6) is 0 Å². The standard InChI is InChI=1S/C12H21N3O3S/c1-9(2)12-13-11(14-18-12)10-5-4-6-15(10)7-8-19(3,16)17/h9-10H,4-8H2,1-3H3/t10-/m1/s1. The largest absolute Gasteiger partial charge is 0.339 e. The van der Waals surface area contributed by atoms with Crippen molar-refractivity contribution in [2.45, 2.75) is 38.6 Å². The predicted octanol–water partition coefficient (Wildman–Crippen LogP) is 1.37. The maximum absolute atomic E-state index is 11.2. The van der Waals surface area contributed by atoms with Gasteiger partial charge in [0.2, 0.25) is 5.89 Å². The van der Waals surface area contributed by atoms with Crippen LogP contribution < -0.4 is 0 Å². The molecule has 1 saturated heterocycles. The molecule has 1 aromatic rings. The van der Waals surface area contributed by atoms with Crippen LogP contribution in [0.3, 0.4) is 0 Å². The van der Waals surface area contributed by atoms with Crippen LogP contribution in [0, 0.1) is 0 Å². The topological polar surface area (TPSA) is 76.3 Å². The molecule has 2 heterocycles. The molecule has 2 rings (SSSR count). The maximum Gasteiger partial charge on any atom is 0.229 e. The zero-order valence-electron chi connectivity index (χ0n) is 11.7. The number of hydrogen-bond donors (Lipinski definition) is 0. The molecule has 6 nitrogen and oxygen atoms in total. The lowest BCUT2D eigenvalue weighted by molar-refractivity contribution is 0.255. The highest BCUT2D eigenvalue weighted by atomic mass is 32.2. The molecule has 0 radical (unpaired) electrons. The van der Waals surface area contributed by atoms with Gasteiger partial charge in [-0.2, -0.15) is 4.98 Å². The predicted molar refractivity (Wildman–Crippen MR) is 71.6 cm³/mol. The summed E-state index contributed by atoms with van der Waals surface area (Å²) in [5.41, 5.74) is 0. The van der Waals surface area contributed by atoms with E-state index >= 15 is 0 Å². The summed E-state index contributed by atoms with van der Waals surface area (Å²) in [4.78, 5) is 6.55. The molecule has 7 heteroatoms. The third-order valence-corrected chi connectivity index (χ3v) is 4.29. The Morgan fingerprint density at radius 1 is 1.47 bits per heavy atom. The van der Waals surface area contributed by atoms with Gasteiger partial charge in [-0.05, 0) is 19.4 Å². The van der Waals surface area contributed by atoms with Crippen molar-refractivity contribution in [2.24, 2.45) is 0 Å². The van der Waals surface area contributed by atoms with Crippen molar-refractivity contribution in [3.8, 4) is 0 Å². The van der Waals surface area contributed by atoms with Gasteiger partial charge >= 0.3 is 0 Å². The average Bonchev–Trinajstić information content (AvgIpc) is 2.93. The van der Waals surface area contributed by atoms with E-state index in [0.29, 0.717) is 18.3 Å². The first kappa shape index (κ1) is 14.5. The van der Waals surface area contributed by atoms with Crippen molar-refractivity contribution in [2.75, 3.05) is 25.1 Å². The minimum absolute atomic E-state index is 0.0954. The Morgan fingerprint density at radius 3 is 2.79 bits per heavy atom. The van der Waals surface area contributed by atoms with Gasteiger partial charge in [-0.1, -0.05) is 19.0 Å². The number of hydrogen-bond acceptors (Lipinski definition) is 6. The lowest BCUT2D eigenvalue weighted by Gasteiger charge is -2.21. The van der Waals surface area contributed by atoms with E-state index in [9.17, 15) is 8.42 Å². The van der Waals surface area contributed by atoms with Gasteiger partial charge in [0.15, 0.2) is 5.82 Å². The molecule has 19 heavy (non-hydrogen) atoms. The summed E-state index contributed by atoms with van der Waals surface area (Å²) in [5.74, 6) is 1.73. The van der Waals surface area contributed by atoms with Crippen molar-refractivity contribution >= 4 is 9.84 Å². The van der Waals surface area contributed by atoms with Crippen molar-refractivity contribution < 1.29 is 12.9 Å². The van der Waals surface area contributed by atoms with E-state index in [1.165, 1.54) is 6.26 Å². The fourth-order valence-electron chi connectivity index (χ4n) is 2.29. The molecule has 0 unspecified atom stereocenters. The third-order valence-electron chi connectivity index (χ3n) is 3.36. The molecule has 1 fully saturated rings. The summed E-state index contributed by atoms with van der Waals surface area (Å²) < 4.78 is 27.7. The van der Waals surface area contributed by atoms with E-state index in [0.717, 1.165) is 19.4 Å². The number of likely N-dealkylation sites (tertiary alicyclic amines) is 1. The van der Waals surface area contributed by atoms with Crippen LogP contribution in [0.15, 0.2) is 4.52 Å². The quantitative estimate of drug-likeness (QED) is 0.814. The highest BCUT2D eigenvalue weighted by Gasteiger charge is 2.30. The van der Waals surface area contributed by atoms with Gasteiger partial charge in [-0.15, -0.1) is 0 Å². The van der Waals surface area contributed by atoms with Gasteiger partial charge < -0.3 is 4.52 Å². The van der Waals surface area contributed by atoms with Crippen LogP contribution >= 0.6 is 0 Å². The maximum atomic E-state index is 11.2. The molecule has 0 aliphatic carbocycles. The van der Waals surface area contributed by atoms with E-state index in [-0.39, 0.29) is 17.7 Å². The van der Waals surface area contributed by atoms with E-state index < -0.39 is 9.84 Å². The highest BCUT2D eigenvalue weighted by Crippen LogP contribution is 2.30. The zero-order chi connectivity index (χ0) is 14.0. The SMILES string of the molecule is CC(C)c1nc([C@H]2CCCN2CCS(C)(=O)=O)no1. The second-order valence-corrected chi connectivity index (χ2v) is 7.73. The van der Waals surface area contributed by atoms with Crippen LogP contribution in [0.1, 0.15) is 50.4 Å². The van der Waals surface area contributed by atoms with E-state index in [1.54, 1.807) is 0 Å². The normalized spacial score (nSPS) is 21.4. The molecule has 0 saturated carbocycles. The summed E-state index contributed by atoms with van der Waals surface area (Å²) in [6.07, 6.45) is 3.27. The molecule has 1 aromatic heterocycles. The smallest absolute Gasteiger partial charge is 0.229 e. The van der Waals surface area contributed by atoms with Gasteiger partial charge in [-0.3, -0.25) is 4.90 Å². The third kappa shape index (κ3) is 3.76. The first-order chi connectivity index (χ1) is 8.87. The Kier molecular flexibility index (Phi) is 4.25. The molecule has 1 aliphatic heterocycles. The highest BCUT2D eigenvalue weighted by molar-refractivity contribution is 7.90. The van der Waals surface area contributed by atoms with Crippen LogP contribution in [-0.4, -0.2) is 48.6 Å². The summed E-state index contributed by atoms with van der Waals surface area (Å²) in [6.45, 7) is 5.45. The Morgan fingerprint density at radius 2 is 2.21 bits per heavy atom. The van der Waals surface area contributed by atoms with Crippen molar-refractivity contribution in [3.63, 3.8) is 0 Å². The van der Waals surface area contributed by atoms with Crippen LogP contribution in [0.2, 0.25) is 0 Å². The second kappa shape index (κ2) is 5.58. The molecule has 0 N–H and O–H groups in total. The monoisotopic (exact) mass is 287 g/mol. The van der Waals surface area contributed by atoms with Gasteiger partial charge in [0.1, 0.15) is 9.84 Å².